The van der Waals surface area contributed by atoms with Gasteiger partial charge in [0, 0.05) is 24.8 Å². The van der Waals surface area contributed by atoms with E-state index < -0.39 is 5.54 Å². The lowest BCUT2D eigenvalue weighted by atomic mass is 10.0. The molecule has 142 valence electrons. The summed E-state index contributed by atoms with van der Waals surface area (Å²) >= 11 is 0. The van der Waals surface area contributed by atoms with Gasteiger partial charge in [-0.15, -0.1) is 0 Å². The second-order valence-corrected chi connectivity index (χ2v) is 7.07. The first-order valence-corrected chi connectivity index (χ1v) is 9.08. The molecule has 1 amide bonds. The maximum absolute atomic E-state index is 12.7. The molecule has 27 heavy (non-hydrogen) atoms. The zero-order valence-corrected chi connectivity index (χ0v) is 15.3. The van der Waals surface area contributed by atoms with Gasteiger partial charge in [0.2, 0.25) is 0 Å². The Morgan fingerprint density at radius 1 is 1.33 bits per heavy atom. The van der Waals surface area contributed by atoms with Crippen molar-refractivity contribution in [3.8, 4) is 11.5 Å². The SMILES string of the molecule is CC1(COc2cccnc2)COc2ccc(C(=O)N3CCOCC3)cc2N1. The number of amides is 1. The number of benzene rings is 1. The summed E-state index contributed by atoms with van der Waals surface area (Å²) in [4.78, 5) is 18.6. The fourth-order valence-corrected chi connectivity index (χ4v) is 3.19. The molecule has 2 aromatic rings. The zero-order chi connectivity index (χ0) is 18.7. The average Bonchev–Trinajstić information content (AvgIpc) is 2.73. The lowest BCUT2D eigenvalue weighted by molar-refractivity contribution is 0.0303. The highest BCUT2D eigenvalue weighted by atomic mass is 16.5. The van der Waals surface area contributed by atoms with Crippen molar-refractivity contribution in [3.05, 3.63) is 48.3 Å². The van der Waals surface area contributed by atoms with Crippen molar-refractivity contribution in [1.29, 1.82) is 0 Å². The number of anilines is 1. The molecular formula is C20H23N3O4. The molecule has 1 unspecified atom stereocenters. The van der Waals surface area contributed by atoms with Gasteiger partial charge in [0.15, 0.2) is 0 Å². The van der Waals surface area contributed by atoms with Crippen molar-refractivity contribution in [2.75, 3.05) is 44.8 Å². The first-order chi connectivity index (χ1) is 13.1. The third-order valence-electron chi connectivity index (χ3n) is 4.70. The van der Waals surface area contributed by atoms with E-state index in [1.807, 2.05) is 42.2 Å². The second-order valence-electron chi connectivity index (χ2n) is 7.07. The molecule has 0 saturated carbocycles. The number of nitrogens with zero attached hydrogens (tertiary/aromatic N) is 2. The van der Waals surface area contributed by atoms with E-state index in [2.05, 4.69) is 10.3 Å². The molecule has 1 aromatic heterocycles. The summed E-state index contributed by atoms with van der Waals surface area (Å²) in [6, 6.07) is 9.22. The Morgan fingerprint density at radius 2 is 2.19 bits per heavy atom. The number of hydrogen-bond donors (Lipinski definition) is 1. The number of carbonyl (C=O) groups excluding carboxylic acids is 1. The molecule has 1 atom stereocenters. The molecule has 7 heteroatoms. The van der Waals surface area contributed by atoms with E-state index in [4.69, 9.17) is 14.2 Å². The van der Waals surface area contributed by atoms with Crippen LogP contribution in [0.1, 0.15) is 17.3 Å². The fourth-order valence-electron chi connectivity index (χ4n) is 3.19. The number of aromatic nitrogens is 1. The van der Waals surface area contributed by atoms with Crippen LogP contribution in [0.3, 0.4) is 0 Å². The quantitative estimate of drug-likeness (QED) is 0.891. The Labute approximate surface area is 158 Å². The van der Waals surface area contributed by atoms with E-state index in [0.29, 0.717) is 50.8 Å². The molecule has 2 aliphatic rings. The molecule has 0 radical (unpaired) electrons. The van der Waals surface area contributed by atoms with Crippen LogP contribution in [-0.2, 0) is 4.74 Å². The minimum Gasteiger partial charge on any atom is -0.489 e. The van der Waals surface area contributed by atoms with Gasteiger partial charge in [-0.05, 0) is 37.3 Å². The molecule has 1 aromatic carbocycles. The summed E-state index contributed by atoms with van der Waals surface area (Å²) in [6.45, 7) is 5.33. The number of fused-ring (bicyclic) bond motifs is 1. The molecule has 1 saturated heterocycles. The number of hydrogen-bond acceptors (Lipinski definition) is 6. The number of nitrogens with one attached hydrogen (secondary N) is 1. The fraction of sp³-hybridized carbons (Fsp3) is 0.400. The molecule has 4 rings (SSSR count). The lowest BCUT2D eigenvalue weighted by Crippen LogP contribution is -2.49. The van der Waals surface area contributed by atoms with E-state index in [1.54, 1.807) is 12.4 Å². The Hall–Kier alpha value is -2.80. The third-order valence-corrected chi connectivity index (χ3v) is 4.70. The van der Waals surface area contributed by atoms with Crippen LogP contribution in [-0.4, -0.2) is 60.8 Å². The predicted octanol–water partition coefficient (Wildman–Crippen LogP) is 2.20. The minimum atomic E-state index is -0.413. The number of carbonyl (C=O) groups is 1. The number of ether oxygens (including phenoxy) is 3. The van der Waals surface area contributed by atoms with Crippen molar-refractivity contribution in [3.63, 3.8) is 0 Å². The molecular weight excluding hydrogens is 346 g/mol. The van der Waals surface area contributed by atoms with Gasteiger partial charge in [-0.25, -0.2) is 0 Å². The van der Waals surface area contributed by atoms with Crippen molar-refractivity contribution < 1.29 is 19.0 Å². The van der Waals surface area contributed by atoms with Gasteiger partial charge in [0.25, 0.3) is 5.91 Å². The first-order valence-electron chi connectivity index (χ1n) is 9.08. The van der Waals surface area contributed by atoms with Crippen LogP contribution in [0, 0.1) is 0 Å². The van der Waals surface area contributed by atoms with Gasteiger partial charge < -0.3 is 24.4 Å². The van der Waals surface area contributed by atoms with Gasteiger partial charge >= 0.3 is 0 Å². The van der Waals surface area contributed by atoms with Gasteiger partial charge in [-0.1, -0.05) is 0 Å². The lowest BCUT2D eigenvalue weighted by Gasteiger charge is -2.36. The van der Waals surface area contributed by atoms with Crippen LogP contribution in [0.4, 0.5) is 5.69 Å². The maximum atomic E-state index is 12.7. The molecule has 0 aliphatic carbocycles. The summed E-state index contributed by atoms with van der Waals surface area (Å²) in [6.07, 6.45) is 3.39. The Bertz CT molecular complexity index is 808. The van der Waals surface area contributed by atoms with E-state index in [-0.39, 0.29) is 5.91 Å². The third kappa shape index (κ3) is 3.98. The molecule has 0 spiro atoms. The average molecular weight is 369 g/mol. The smallest absolute Gasteiger partial charge is 0.254 e. The molecule has 3 heterocycles. The van der Waals surface area contributed by atoms with Gasteiger partial charge in [0.05, 0.1) is 25.1 Å². The van der Waals surface area contributed by atoms with E-state index in [1.165, 1.54) is 0 Å². The molecule has 1 N–H and O–H groups in total. The monoisotopic (exact) mass is 369 g/mol. The zero-order valence-electron chi connectivity index (χ0n) is 15.3. The Balaban J connectivity index is 1.46. The van der Waals surface area contributed by atoms with Crippen LogP contribution >= 0.6 is 0 Å². The summed E-state index contributed by atoms with van der Waals surface area (Å²) in [5, 5.41) is 3.48. The van der Waals surface area contributed by atoms with E-state index in [0.717, 1.165) is 11.4 Å². The van der Waals surface area contributed by atoms with Crippen molar-refractivity contribution >= 4 is 11.6 Å². The van der Waals surface area contributed by atoms with Crippen LogP contribution < -0.4 is 14.8 Å². The van der Waals surface area contributed by atoms with Gasteiger partial charge in [-0.2, -0.15) is 0 Å². The summed E-state index contributed by atoms with van der Waals surface area (Å²) in [7, 11) is 0. The topological polar surface area (TPSA) is 72.9 Å². The summed E-state index contributed by atoms with van der Waals surface area (Å²) < 4.78 is 17.1. The number of rotatable bonds is 4. The second kappa shape index (κ2) is 7.44. The highest BCUT2D eigenvalue weighted by molar-refractivity contribution is 5.95. The summed E-state index contributed by atoms with van der Waals surface area (Å²) in [5.74, 6) is 1.47. The van der Waals surface area contributed by atoms with Gasteiger partial charge in [0.1, 0.15) is 30.3 Å². The van der Waals surface area contributed by atoms with Gasteiger partial charge in [-0.3, -0.25) is 9.78 Å². The first kappa shape index (κ1) is 17.6. The molecule has 0 bridgehead atoms. The largest absolute Gasteiger partial charge is 0.489 e. The predicted molar refractivity (Wildman–Crippen MR) is 100 cm³/mol. The minimum absolute atomic E-state index is 0.0155. The molecule has 2 aliphatic heterocycles. The van der Waals surface area contributed by atoms with Crippen molar-refractivity contribution in [2.24, 2.45) is 0 Å². The van der Waals surface area contributed by atoms with Crippen molar-refractivity contribution in [1.82, 2.24) is 9.88 Å². The standard InChI is InChI=1S/C20H23N3O4/c1-20(13-26-16-3-2-6-21-12-16)14-27-18-5-4-15(11-17(18)22-20)19(24)23-7-9-25-10-8-23/h2-6,11-12,22H,7-10,13-14H2,1H3. The van der Waals surface area contributed by atoms with Crippen molar-refractivity contribution in [2.45, 2.75) is 12.5 Å². The summed E-state index contributed by atoms with van der Waals surface area (Å²) in [5.41, 5.74) is 1.03. The number of morpholine rings is 1. The van der Waals surface area contributed by atoms with E-state index >= 15 is 0 Å². The Morgan fingerprint density at radius 3 is 2.96 bits per heavy atom. The van der Waals surface area contributed by atoms with Crippen LogP contribution in [0.2, 0.25) is 0 Å². The molecule has 1 fully saturated rings. The normalized spacial score (nSPS) is 21.6. The van der Waals surface area contributed by atoms with Crippen LogP contribution in [0.25, 0.3) is 0 Å². The maximum Gasteiger partial charge on any atom is 0.254 e. The highest BCUT2D eigenvalue weighted by Gasteiger charge is 2.32. The Kier molecular flexibility index (Phi) is 4.85. The van der Waals surface area contributed by atoms with Crippen LogP contribution in [0.5, 0.6) is 11.5 Å². The number of pyridine rings is 1. The molecule has 7 nitrogen and oxygen atoms in total. The van der Waals surface area contributed by atoms with E-state index in [9.17, 15) is 4.79 Å². The highest BCUT2D eigenvalue weighted by Crippen LogP contribution is 2.34. The van der Waals surface area contributed by atoms with Crippen LogP contribution in [0.15, 0.2) is 42.7 Å².